The minimum absolute atomic E-state index is 0.576. The van der Waals surface area contributed by atoms with Crippen molar-refractivity contribution in [1.82, 2.24) is 9.97 Å². The molecule has 0 amide bonds. The average Bonchev–Trinajstić information content (AvgIpc) is 2.31. The van der Waals surface area contributed by atoms with Crippen LogP contribution >= 0.6 is 0 Å². The van der Waals surface area contributed by atoms with Gasteiger partial charge < -0.3 is 5.43 Å². The molecule has 0 aliphatic carbocycles. The summed E-state index contributed by atoms with van der Waals surface area (Å²) in [6.45, 7) is 0. The molecule has 0 fully saturated rings. The molecule has 4 heteroatoms. The molecule has 0 radical (unpaired) electrons. The van der Waals surface area contributed by atoms with Crippen molar-refractivity contribution in [2.45, 2.75) is 6.42 Å². The van der Waals surface area contributed by atoms with Gasteiger partial charge in [-0.2, -0.15) is 0 Å². The zero-order chi connectivity index (χ0) is 10.5. The molecule has 1 heterocycles. The van der Waals surface area contributed by atoms with Crippen molar-refractivity contribution < 1.29 is 0 Å². The fourth-order valence-electron chi connectivity index (χ4n) is 1.33. The van der Waals surface area contributed by atoms with E-state index in [9.17, 15) is 0 Å². The van der Waals surface area contributed by atoms with Gasteiger partial charge in [-0.25, -0.2) is 10.8 Å². The number of hydrazine groups is 1. The Morgan fingerprint density at radius 2 is 1.87 bits per heavy atom. The van der Waals surface area contributed by atoms with Gasteiger partial charge in [0.25, 0.3) is 0 Å². The fourth-order valence-corrected chi connectivity index (χ4v) is 1.33. The molecule has 3 N–H and O–H groups in total. The summed E-state index contributed by atoms with van der Waals surface area (Å²) in [6, 6.07) is 10.2. The number of nitrogens with one attached hydrogen (secondary N) is 1. The summed E-state index contributed by atoms with van der Waals surface area (Å²) in [5.74, 6) is 5.78. The zero-order valence-electron chi connectivity index (χ0n) is 8.22. The molecule has 0 saturated heterocycles. The van der Waals surface area contributed by atoms with Crippen molar-refractivity contribution in [2.75, 3.05) is 5.43 Å². The molecule has 0 saturated carbocycles. The molecule has 2 rings (SSSR count). The van der Waals surface area contributed by atoms with Crippen molar-refractivity contribution >= 4 is 5.82 Å². The van der Waals surface area contributed by atoms with E-state index in [1.165, 1.54) is 5.56 Å². The second-order valence-corrected chi connectivity index (χ2v) is 3.20. The SMILES string of the molecule is NNc1cnc(Cc2ccccc2)cn1. The van der Waals surface area contributed by atoms with Crippen LogP contribution in [0.3, 0.4) is 0 Å². The molecule has 0 aliphatic rings. The molecule has 4 nitrogen and oxygen atoms in total. The van der Waals surface area contributed by atoms with Crippen LogP contribution in [-0.2, 0) is 6.42 Å². The largest absolute Gasteiger partial charge is 0.307 e. The highest BCUT2D eigenvalue weighted by molar-refractivity contribution is 5.30. The summed E-state index contributed by atoms with van der Waals surface area (Å²) in [7, 11) is 0. The summed E-state index contributed by atoms with van der Waals surface area (Å²) in [5.41, 5.74) is 4.60. The maximum Gasteiger partial charge on any atom is 0.158 e. The number of benzene rings is 1. The van der Waals surface area contributed by atoms with Crippen LogP contribution in [0.25, 0.3) is 0 Å². The van der Waals surface area contributed by atoms with Crippen molar-refractivity contribution in [2.24, 2.45) is 5.84 Å². The van der Waals surface area contributed by atoms with Gasteiger partial charge >= 0.3 is 0 Å². The lowest BCUT2D eigenvalue weighted by molar-refractivity contribution is 1.02. The molecule has 1 aromatic heterocycles. The first kappa shape index (κ1) is 9.61. The molecule has 1 aromatic carbocycles. The number of rotatable bonds is 3. The number of hydrogen-bond acceptors (Lipinski definition) is 4. The monoisotopic (exact) mass is 200 g/mol. The summed E-state index contributed by atoms with van der Waals surface area (Å²) in [6.07, 6.45) is 4.14. The molecule has 0 aliphatic heterocycles. The number of nitrogens with zero attached hydrogens (tertiary/aromatic N) is 2. The molecular formula is C11H12N4. The normalized spacial score (nSPS) is 9.93. The lowest BCUT2D eigenvalue weighted by atomic mass is 10.1. The average molecular weight is 200 g/mol. The summed E-state index contributed by atoms with van der Waals surface area (Å²) in [4.78, 5) is 8.33. The third-order valence-electron chi connectivity index (χ3n) is 2.08. The summed E-state index contributed by atoms with van der Waals surface area (Å²) >= 11 is 0. The van der Waals surface area contributed by atoms with E-state index in [4.69, 9.17) is 5.84 Å². The molecule has 0 spiro atoms. The fraction of sp³-hybridized carbons (Fsp3) is 0.0909. The zero-order valence-corrected chi connectivity index (χ0v) is 8.22. The van der Waals surface area contributed by atoms with Gasteiger partial charge in [-0.3, -0.25) is 4.98 Å². The highest BCUT2D eigenvalue weighted by Gasteiger charge is 1.97. The first-order valence-corrected chi connectivity index (χ1v) is 4.70. The van der Waals surface area contributed by atoms with Gasteiger partial charge in [0, 0.05) is 6.42 Å². The van der Waals surface area contributed by atoms with E-state index >= 15 is 0 Å². The van der Waals surface area contributed by atoms with Crippen LogP contribution < -0.4 is 11.3 Å². The molecule has 2 aromatic rings. The van der Waals surface area contributed by atoms with Crippen molar-refractivity contribution in [3.63, 3.8) is 0 Å². The Kier molecular flexibility index (Phi) is 2.90. The van der Waals surface area contributed by atoms with Gasteiger partial charge in [0.2, 0.25) is 0 Å². The third kappa shape index (κ3) is 2.51. The van der Waals surface area contributed by atoms with Gasteiger partial charge in [-0.15, -0.1) is 0 Å². The Morgan fingerprint density at radius 1 is 1.07 bits per heavy atom. The predicted molar refractivity (Wildman–Crippen MR) is 59.1 cm³/mol. The second kappa shape index (κ2) is 4.52. The van der Waals surface area contributed by atoms with E-state index < -0.39 is 0 Å². The molecule has 15 heavy (non-hydrogen) atoms. The van der Waals surface area contributed by atoms with Gasteiger partial charge in [0.15, 0.2) is 5.82 Å². The van der Waals surface area contributed by atoms with E-state index in [0.29, 0.717) is 5.82 Å². The van der Waals surface area contributed by atoms with Crippen LogP contribution in [0, 0.1) is 0 Å². The molecule has 0 atom stereocenters. The van der Waals surface area contributed by atoms with Crippen LogP contribution in [0.5, 0.6) is 0 Å². The van der Waals surface area contributed by atoms with E-state index in [0.717, 1.165) is 12.1 Å². The number of nitrogens with two attached hydrogens (primary N) is 1. The minimum atomic E-state index is 0.576. The Balaban J connectivity index is 2.11. The number of nitrogen functional groups attached to an aromatic ring is 1. The number of anilines is 1. The summed E-state index contributed by atoms with van der Waals surface area (Å²) < 4.78 is 0. The highest BCUT2D eigenvalue weighted by atomic mass is 15.3. The van der Waals surface area contributed by atoms with Gasteiger partial charge in [0.1, 0.15) is 0 Å². The van der Waals surface area contributed by atoms with E-state index in [1.54, 1.807) is 12.4 Å². The van der Waals surface area contributed by atoms with E-state index in [1.807, 2.05) is 18.2 Å². The molecule has 76 valence electrons. The first-order valence-electron chi connectivity index (χ1n) is 4.70. The quantitative estimate of drug-likeness (QED) is 0.580. The van der Waals surface area contributed by atoms with Crippen LogP contribution in [0.4, 0.5) is 5.82 Å². The number of hydrogen-bond donors (Lipinski definition) is 2. The summed E-state index contributed by atoms with van der Waals surface area (Å²) in [5, 5.41) is 0. The van der Waals surface area contributed by atoms with Crippen LogP contribution in [0.1, 0.15) is 11.3 Å². The van der Waals surface area contributed by atoms with Crippen LogP contribution in [0.2, 0.25) is 0 Å². The third-order valence-corrected chi connectivity index (χ3v) is 2.08. The van der Waals surface area contributed by atoms with E-state index in [2.05, 4.69) is 27.5 Å². The maximum atomic E-state index is 5.20. The molecule has 0 unspecified atom stereocenters. The van der Waals surface area contributed by atoms with Gasteiger partial charge in [0.05, 0.1) is 18.1 Å². The van der Waals surface area contributed by atoms with Crippen LogP contribution in [0.15, 0.2) is 42.7 Å². The van der Waals surface area contributed by atoms with Gasteiger partial charge in [-0.05, 0) is 5.56 Å². The molecule has 0 bridgehead atoms. The highest BCUT2D eigenvalue weighted by Crippen LogP contribution is 2.06. The first-order chi connectivity index (χ1) is 7.38. The Morgan fingerprint density at radius 3 is 2.47 bits per heavy atom. The lowest BCUT2D eigenvalue weighted by Crippen LogP contribution is -2.09. The van der Waals surface area contributed by atoms with Gasteiger partial charge in [-0.1, -0.05) is 30.3 Å². The Labute approximate surface area is 88.2 Å². The standard InChI is InChI=1S/C11H12N4/c12-15-11-8-13-10(7-14-11)6-9-4-2-1-3-5-9/h1-5,7-8H,6,12H2,(H,14,15). The lowest BCUT2D eigenvalue weighted by Gasteiger charge is -2.01. The second-order valence-electron chi connectivity index (χ2n) is 3.20. The number of aromatic nitrogens is 2. The Hall–Kier alpha value is -1.94. The Bertz CT molecular complexity index is 410. The van der Waals surface area contributed by atoms with Crippen molar-refractivity contribution in [3.05, 3.63) is 54.0 Å². The van der Waals surface area contributed by atoms with Crippen LogP contribution in [-0.4, -0.2) is 9.97 Å². The van der Waals surface area contributed by atoms with Crippen molar-refractivity contribution in [3.8, 4) is 0 Å². The predicted octanol–water partition coefficient (Wildman–Crippen LogP) is 1.35. The van der Waals surface area contributed by atoms with E-state index in [-0.39, 0.29) is 0 Å². The minimum Gasteiger partial charge on any atom is -0.307 e. The topological polar surface area (TPSA) is 63.8 Å². The molecular weight excluding hydrogens is 188 g/mol. The maximum absolute atomic E-state index is 5.20. The smallest absolute Gasteiger partial charge is 0.158 e. The van der Waals surface area contributed by atoms with Crippen molar-refractivity contribution in [1.29, 1.82) is 0 Å².